The maximum Gasteiger partial charge on any atom is 0.417 e. The van der Waals surface area contributed by atoms with E-state index in [2.05, 4.69) is 5.10 Å². The molecule has 1 heterocycles. The maximum atomic E-state index is 13.8. The van der Waals surface area contributed by atoms with Crippen LogP contribution in [0.25, 0.3) is 22.2 Å². The standard InChI is InChI=1S/C23H11ClF6N2O3/c24-15-5-1-3-13(22(25,26)27)17(15)20(33)32-16-6-2-4-14(23(28,29)30)18(16)19(31-32)11-7-9-12(10-8-11)21(34)35/h1-10H,(H,34,35). The number of hydrogen-bond acceptors (Lipinski definition) is 3. The highest BCUT2D eigenvalue weighted by molar-refractivity contribution is 6.34. The number of alkyl halides is 6. The van der Waals surface area contributed by atoms with Crippen molar-refractivity contribution in [2.75, 3.05) is 0 Å². The molecule has 0 saturated heterocycles. The molecular formula is C23H11ClF6N2O3. The largest absolute Gasteiger partial charge is 0.478 e. The number of aromatic carboxylic acids is 1. The van der Waals surface area contributed by atoms with Crippen molar-refractivity contribution in [3.05, 3.63) is 87.9 Å². The summed E-state index contributed by atoms with van der Waals surface area (Å²) in [7, 11) is 0. The van der Waals surface area contributed by atoms with Crippen LogP contribution < -0.4 is 0 Å². The number of carboxylic acid groups (broad SMARTS) is 1. The predicted molar refractivity (Wildman–Crippen MR) is 113 cm³/mol. The van der Waals surface area contributed by atoms with Gasteiger partial charge >= 0.3 is 18.3 Å². The second-order valence-corrected chi connectivity index (χ2v) is 7.71. The average molecular weight is 513 g/mol. The maximum absolute atomic E-state index is 13.8. The van der Waals surface area contributed by atoms with Gasteiger partial charge in [0, 0.05) is 10.9 Å². The minimum atomic E-state index is -4.98. The van der Waals surface area contributed by atoms with E-state index >= 15 is 0 Å². The lowest BCUT2D eigenvalue weighted by molar-refractivity contribution is -0.138. The molecule has 4 rings (SSSR count). The van der Waals surface area contributed by atoms with Gasteiger partial charge in [0.1, 0.15) is 5.69 Å². The number of carboxylic acids is 1. The summed E-state index contributed by atoms with van der Waals surface area (Å²) in [5.41, 5.74) is -4.46. The lowest BCUT2D eigenvalue weighted by Crippen LogP contribution is -2.20. The van der Waals surface area contributed by atoms with E-state index in [1.165, 1.54) is 12.1 Å². The second kappa shape index (κ2) is 8.42. The van der Waals surface area contributed by atoms with Gasteiger partial charge in [0.15, 0.2) is 0 Å². The molecule has 5 nitrogen and oxygen atoms in total. The minimum absolute atomic E-state index is 0.0125. The van der Waals surface area contributed by atoms with Crippen molar-refractivity contribution < 1.29 is 41.0 Å². The zero-order chi connectivity index (χ0) is 25.7. The molecule has 0 fully saturated rings. The molecule has 0 aliphatic rings. The van der Waals surface area contributed by atoms with Crippen LogP contribution in [-0.4, -0.2) is 26.8 Å². The molecule has 180 valence electrons. The number of hydrogen-bond donors (Lipinski definition) is 1. The molecule has 1 N–H and O–H groups in total. The van der Waals surface area contributed by atoms with E-state index in [-0.39, 0.29) is 16.8 Å². The molecule has 1 aromatic heterocycles. The average Bonchev–Trinajstić information content (AvgIpc) is 3.17. The van der Waals surface area contributed by atoms with E-state index in [0.717, 1.165) is 42.5 Å². The fourth-order valence-electron chi connectivity index (χ4n) is 3.62. The monoisotopic (exact) mass is 512 g/mol. The predicted octanol–water partition coefficient (Wildman–Crippen LogP) is 6.78. The number of carbonyl (C=O) groups excluding carboxylic acids is 1. The molecule has 0 spiro atoms. The number of rotatable bonds is 3. The summed E-state index contributed by atoms with van der Waals surface area (Å²) in [5.74, 6) is -2.67. The van der Waals surface area contributed by atoms with Gasteiger partial charge in [-0.3, -0.25) is 4.79 Å². The Morgan fingerprint density at radius 1 is 0.829 bits per heavy atom. The molecule has 12 heteroatoms. The van der Waals surface area contributed by atoms with Gasteiger partial charge in [-0.1, -0.05) is 35.9 Å². The number of aromatic nitrogens is 2. The Morgan fingerprint density at radius 2 is 1.40 bits per heavy atom. The fraction of sp³-hybridized carbons (Fsp3) is 0.0870. The topological polar surface area (TPSA) is 72.2 Å². The summed E-state index contributed by atoms with van der Waals surface area (Å²) in [6.45, 7) is 0. The van der Waals surface area contributed by atoms with Gasteiger partial charge in [-0.05, 0) is 36.4 Å². The lowest BCUT2D eigenvalue weighted by atomic mass is 10.0. The van der Waals surface area contributed by atoms with Crippen LogP contribution in [0.4, 0.5) is 26.3 Å². The van der Waals surface area contributed by atoms with E-state index in [4.69, 9.17) is 16.7 Å². The van der Waals surface area contributed by atoms with Gasteiger partial charge in [0.2, 0.25) is 0 Å². The Hall–Kier alpha value is -3.86. The highest BCUT2D eigenvalue weighted by Gasteiger charge is 2.39. The molecular weight excluding hydrogens is 502 g/mol. The van der Waals surface area contributed by atoms with Crippen molar-refractivity contribution >= 4 is 34.4 Å². The van der Waals surface area contributed by atoms with Gasteiger partial charge in [-0.15, -0.1) is 0 Å². The number of nitrogens with zero attached hydrogens (tertiary/aromatic N) is 2. The Balaban J connectivity index is 2.03. The Morgan fingerprint density at radius 3 is 1.97 bits per heavy atom. The van der Waals surface area contributed by atoms with E-state index in [1.54, 1.807) is 0 Å². The van der Waals surface area contributed by atoms with Crippen LogP contribution in [0.2, 0.25) is 5.02 Å². The molecule has 0 aliphatic carbocycles. The van der Waals surface area contributed by atoms with Crippen molar-refractivity contribution in [3.8, 4) is 11.3 Å². The first-order valence-corrected chi connectivity index (χ1v) is 10.0. The van der Waals surface area contributed by atoms with Crippen LogP contribution in [0.15, 0.2) is 60.7 Å². The summed E-state index contributed by atoms with van der Waals surface area (Å²) in [6, 6.07) is 10.1. The normalized spacial score (nSPS) is 12.2. The van der Waals surface area contributed by atoms with Crippen LogP contribution >= 0.6 is 11.6 Å². The lowest BCUT2D eigenvalue weighted by Gasteiger charge is -2.13. The molecule has 0 atom stereocenters. The Bertz CT molecular complexity index is 1470. The van der Waals surface area contributed by atoms with Crippen molar-refractivity contribution in [1.29, 1.82) is 0 Å². The van der Waals surface area contributed by atoms with E-state index in [9.17, 15) is 35.9 Å². The van der Waals surface area contributed by atoms with Crippen LogP contribution in [-0.2, 0) is 12.4 Å². The van der Waals surface area contributed by atoms with Gasteiger partial charge in [-0.2, -0.15) is 36.1 Å². The van der Waals surface area contributed by atoms with E-state index < -0.39 is 56.8 Å². The van der Waals surface area contributed by atoms with E-state index in [0.29, 0.717) is 10.7 Å². The molecule has 0 amide bonds. The molecule has 0 saturated carbocycles. The molecule has 0 bridgehead atoms. The second-order valence-electron chi connectivity index (χ2n) is 7.31. The number of halogens is 7. The molecule has 3 aromatic carbocycles. The van der Waals surface area contributed by atoms with Gasteiger partial charge < -0.3 is 5.11 Å². The SMILES string of the molecule is O=C(O)c1ccc(-c2nn(C(=O)c3c(Cl)cccc3C(F)(F)F)c3cccc(C(F)(F)F)c23)cc1. The quantitative estimate of drug-likeness (QED) is 0.307. The first-order chi connectivity index (χ1) is 16.3. The van der Waals surface area contributed by atoms with Crippen LogP contribution in [0.3, 0.4) is 0 Å². The first-order valence-electron chi connectivity index (χ1n) is 9.63. The third-order valence-electron chi connectivity index (χ3n) is 5.14. The summed E-state index contributed by atoms with van der Waals surface area (Å²) < 4.78 is 82.7. The van der Waals surface area contributed by atoms with Crippen LogP contribution in [0, 0.1) is 0 Å². The molecule has 4 aromatic rings. The Kier molecular flexibility index (Phi) is 5.84. The third kappa shape index (κ3) is 4.34. The van der Waals surface area contributed by atoms with Crippen molar-refractivity contribution in [2.45, 2.75) is 12.4 Å². The van der Waals surface area contributed by atoms with Gasteiger partial charge in [0.25, 0.3) is 5.91 Å². The number of fused-ring (bicyclic) bond motifs is 1. The summed E-state index contributed by atoms with van der Waals surface area (Å²) in [4.78, 5) is 24.4. The molecule has 0 unspecified atom stereocenters. The minimum Gasteiger partial charge on any atom is -0.478 e. The van der Waals surface area contributed by atoms with Crippen molar-refractivity contribution in [2.24, 2.45) is 0 Å². The zero-order valence-corrected chi connectivity index (χ0v) is 17.8. The molecule has 0 aliphatic heterocycles. The summed E-state index contributed by atoms with van der Waals surface area (Å²) in [6.07, 6.45) is -9.88. The van der Waals surface area contributed by atoms with Crippen LogP contribution in [0.5, 0.6) is 0 Å². The Labute approximate surface area is 197 Å². The highest BCUT2D eigenvalue weighted by atomic mass is 35.5. The summed E-state index contributed by atoms with van der Waals surface area (Å²) in [5, 5.41) is 11.9. The third-order valence-corrected chi connectivity index (χ3v) is 5.46. The van der Waals surface area contributed by atoms with Gasteiger partial charge in [0.05, 0.1) is 32.8 Å². The van der Waals surface area contributed by atoms with Crippen molar-refractivity contribution in [3.63, 3.8) is 0 Å². The zero-order valence-electron chi connectivity index (χ0n) is 17.1. The highest BCUT2D eigenvalue weighted by Crippen LogP contribution is 2.41. The van der Waals surface area contributed by atoms with Gasteiger partial charge in [-0.25, -0.2) is 4.79 Å². The fourth-order valence-corrected chi connectivity index (χ4v) is 3.87. The van der Waals surface area contributed by atoms with Crippen LogP contribution in [0.1, 0.15) is 31.8 Å². The smallest absolute Gasteiger partial charge is 0.417 e. The number of benzene rings is 3. The molecule has 35 heavy (non-hydrogen) atoms. The summed E-state index contributed by atoms with van der Waals surface area (Å²) >= 11 is 5.91. The molecule has 0 radical (unpaired) electrons. The van der Waals surface area contributed by atoms with E-state index in [1.807, 2.05) is 0 Å². The first kappa shape index (κ1) is 24.3. The van der Waals surface area contributed by atoms with Crippen molar-refractivity contribution in [1.82, 2.24) is 9.78 Å². The number of carbonyl (C=O) groups is 2.